The van der Waals surface area contributed by atoms with Crippen LogP contribution in [-0.2, 0) is 22.6 Å². The molecule has 0 saturated carbocycles. The van der Waals surface area contributed by atoms with E-state index in [1.165, 1.54) is 44.3 Å². The molecule has 1 aliphatic rings. The highest BCUT2D eigenvalue weighted by Gasteiger charge is 2.12. The lowest BCUT2D eigenvalue weighted by Crippen LogP contribution is -2.34. The Labute approximate surface area is 140 Å². The molecular weight excluding hydrogens is 288 g/mol. The molecule has 0 aromatic heterocycles. The van der Waals surface area contributed by atoms with Gasteiger partial charge in [-0.3, -0.25) is 9.69 Å². The van der Waals surface area contributed by atoms with Crippen LogP contribution in [0.25, 0.3) is 0 Å². The fourth-order valence-corrected chi connectivity index (χ4v) is 3.05. The second kappa shape index (κ2) is 9.68. The summed E-state index contributed by atoms with van der Waals surface area (Å²) in [5, 5.41) is 2.95. The molecule has 4 heteroatoms. The first-order valence-corrected chi connectivity index (χ1v) is 8.88. The number of ether oxygens (including phenoxy) is 1. The summed E-state index contributed by atoms with van der Waals surface area (Å²) in [6.45, 7) is 8.21. The SMILES string of the molecule is CCOC(C)C(=O)NCc1cccc(CN2CCCCCC2)c1. The lowest BCUT2D eigenvalue weighted by Gasteiger charge is -2.20. The standard InChI is InChI=1S/C19H30N2O2/c1-3-23-16(2)19(22)20-14-17-9-8-10-18(13-17)15-21-11-6-4-5-7-12-21/h8-10,13,16H,3-7,11-12,14-15H2,1-2H3,(H,20,22). The molecule has 0 spiro atoms. The second-order valence-corrected chi connectivity index (χ2v) is 6.33. The average molecular weight is 318 g/mol. The van der Waals surface area contributed by atoms with E-state index in [2.05, 4.69) is 34.5 Å². The molecule has 1 aliphatic heterocycles. The van der Waals surface area contributed by atoms with Gasteiger partial charge in [0.15, 0.2) is 0 Å². The molecule has 1 aromatic rings. The fourth-order valence-electron chi connectivity index (χ4n) is 3.05. The first-order chi connectivity index (χ1) is 11.2. The lowest BCUT2D eigenvalue weighted by atomic mass is 10.1. The van der Waals surface area contributed by atoms with Crippen molar-refractivity contribution in [2.24, 2.45) is 0 Å². The Bertz CT molecular complexity index is 482. The van der Waals surface area contributed by atoms with Crippen LogP contribution in [0.15, 0.2) is 24.3 Å². The minimum absolute atomic E-state index is 0.0511. The second-order valence-electron chi connectivity index (χ2n) is 6.33. The van der Waals surface area contributed by atoms with Crippen molar-refractivity contribution in [2.45, 2.75) is 58.7 Å². The molecule has 2 rings (SSSR count). The van der Waals surface area contributed by atoms with E-state index in [0.717, 1.165) is 12.1 Å². The zero-order valence-electron chi connectivity index (χ0n) is 14.5. The van der Waals surface area contributed by atoms with E-state index in [1.807, 2.05) is 6.92 Å². The maximum atomic E-state index is 11.9. The Morgan fingerprint density at radius 3 is 2.61 bits per heavy atom. The summed E-state index contributed by atoms with van der Waals surface area (Å²) in [5.74, 6) is -0.0511. The third-order valence-electron chi connectivity index (χ3n) is 4.35. The maximum Gasteiger partial charge on any atom is 0.249 e. The maximum absolute atomic E-state index is 11.9. The minimum atomic E-state index is -0.389. The van der Waals surface area contributed by atoms with Crippen LogP contribution in [0.5, 0.6) is 0 Å². The molecule has 1 saturated heterocycles. The number of likely N-dealkylation sites (tertiary alicyclic amines) is 1. The average Bonchev–Trinajstić information content (AvgIpc) is 2.82. The van der Waals surface area contributed by atoms with E-state index in [-0.39, 0.29) is 12.0 Å². The Kier molecular flexibility index (Phi) is 7.56. The number of nitrogens with one attached hydrogen (secondary N) is 1. The molecule has 0 aliphatic carbocycles. The van der Waals surface area contributed by atoms with Gasteiger partial charge in [-0.2, -0.15) is 0 Å². The number of benzene rings is 1. The first kappa shape index (κ1) is 18.0. The van der Waals surface area contributed by atoms with E-state index in [9.17, 15) is 4.79 Å². The zero-order valence-corrected chi connectivity index (χ0v) is 14.5. The number of carbonyl (C=O) groups excluding carboxylic acids is 1. The van der Waals surface area contributed by atoms with E-state index in [0.29, 0.717) is 13.2 Å². The van der Waals surface area contributed by atoms with Crippen LogP contribution in [0.1, 0.15) is 50.7 Å². The molecule has 1 atom stereocenters. The molecule has 1 amide bonds. The van der Waals surface area contributed by atoms with Crippen molar-refractivity contribution in [3.8, 4) is 0 Å². The number of hydrogen-bond acceptors (Lipinski definition) is 3. The normalized spacial score (nSPS) is 17.5. The van der Waals surface area contributed by atoms with Gasteiger partial charge in [0, 0.05) is 19.7 Å². The van der Waals surface area contributed by atoms with Crippen LogP contribution >= 0.6 is 0 Å². The van der Waals surface area contributed by atoms with Gasteiger partial charge < -0.3 is 10.1 Å². The van der Waals surface area contributed by atoms with Gasteiger partial charge in [0.2, 0.25) is 5.91 Å². The Balaban J connectivity index is 1.85. The van der Waals surface area contributed by atoms with E-state index < -0.39 is 0 Å². The van der Waals surface area contributed by atoms with Crippen molar-refractivity contribution < 1.29 is 9.53 Å². The molecule has 1 fully saturated rings. The highest BCUT2D eigenvalue weighted by atomic mass is 16.5. The molecule has 1 aromatic carbocycles. The van der Waals surface area contributed by atoms with Crippen molar-refractivity contribution >= 4 is 5.91 Å². The largest absolute Gasteiger partial charge is 0.369 e. The zero-order chi connectivity index (χ0) is 16.5. The summed E-state index contributed by atoms with van der Waals surface area (Å²) in [7, 11) is 0. The van der Waals surface area contributed by atoms with Crippen molar-refractivity contribution in [1.29, 1.82) is 0 Å². The van der Waals surface area contributed by atoms with Crippen LogP contribution in [0.4, 0.5) is 0 Å². The van der Waals surface area contributed by atoms with Gasteiger partial charge in [-0.15, -0.1) is 0 Å². The fraction of sp³-hybridized carbons (Fsp3) is 0.632. The monoisotopic (exact) mass is 318 g/mol. The molecule has 1 N–H and O–H groups in total. The number of rotatable bonds is 7. The van der Waals surface area contributed by atoms with Crippen LogP contribution in [0, 0.1) is 0 Å². The molecule has 4 nitrogen and oxygen atoms in total. The van der Waals surface area contributed by atoms with Crippen LogP contribution in [0.3, 0.4) is 0 Å². The van der Waals surface area contributed by atoms with Crippen LogP contribution < -0.4 is 5.32 Å². The van der Waals surface area contributed by atoms with E-state index in [1.54, 1.807) is 6.92 Å². The van der Waals surface area contributed by atoms with Gasteiger partial charge in [-0.25, -0.2) is 0 Å². The van der Waals surface area contributed by atoms with Crippen LogP contribution in [0.2, 0.25) is 0 Å². The van der Waals surface area contributed by atoms with E-state index >= 15 is 0 Å². The van der Waals surface area contributed by atoms with Crippen molar-refractivity contribution in [3.63, 3.8) is 0 Å². The Hall–Kier alpha value is -1.39. The summed E-state index contributed by atoms with van der Waals surface area (Å²) in [4.78, 5) is 14.4. The highest BCUT2D eigenvalue weighted by molar-refractivity contribution is 5.80. The number of hydrogen-bond donors (Lipinski definition) is 1. The van der Waals surface area contributed by atoms with Gasteiger partial charge in [-0.1, -0.05) is 37.1 Å². The molecular formula is C19H30N2O2. The summed E-state index contributed by atoms with van der Waals surface area (Å²) in [6.07, 6.45) is 4.96. The molecule has 1 heterocycles. The summed E-state index contributed by atoms with van der Waals surface area (Å²) >= 11 is 0. The highest BCUT2D eigenvalue weighted by Crippen LogP contribution is 2.14. The summed E-state index contributed by atoms with van der Waals surface area (Å²) < 4.78 is 5.31. The smallest absolute Gasteiger partial charge is 0.249 e. The van der Waals surface area contributed by atoms with Gasteiger partial charge in [0.1, 0.15) is 6.10 Å². The molecule has 0 bridgehead atoms. The lowest BCUT2D eigenvalue weighted by molar-refractivity contribution is -0.131. The summed E-state index contributed by atoms with van der Waals surface area (Å²) in [6, 6.07) is 8.54. The predicted molar refractivity (Wildman–Crippen MR) is 93.1 cm³/mol. The number of carbonyl (C=O) groups is 1. The summed E-state index contributed by atoms with van der Waals surface area (Å²) in [5.41, 5.74) is 2.48. The van der Waals surface area contributed by atoms with Gasteiger partial charge in [0.25, 0.3) is 0 Å². The van der Waals surface area contributed by atoms with Gasteiger partial charge in [0.05, 0.1) is 0 Å². The van der Waals surface area contributed by atoms with Crippen molar-refractivity contribution in [3.05, 3.63) is 35.4 Å². The Morgan fingerprint density at radius 2 is 1.91 bits per heavy atom. The predicted octanol–water partition coefficient (Wildman–Crippen LogP) is 3.10. The van der Waals surface area contributed by atoms with Gasteiger partial charge in [-0.05, 0) is 50.9 Å². The number of amides is 1. The van der Waals surface area contributed by atoms with Crippen molar-refractivity contribution in [2.75, 3.05) is 19.7 Å². The molecule has 1 unspecified atom stereocenters. The third kappa shape index (κ3) is 6.32. The van der Waals surface area contributed by atoms with Crippen LogP contribution in [-0.4, -0.2) is 36.6 Å². The molecule has 0 radical (unpaired) electrons. The van der Waals surface area contributed by atoms with Gasteiger partial charge >= 0.3 is 0 Å². The third-order valence-corrected chi connectivity index (χ3v) is 4.35. The first-order valence-electron chi connectivity index (χ1n) is 8.88. The molecule has 23 heavy (non-hydrogen) atoms. The quantitative estimate of drug-likeness (QED) is 0.840. The van der Waals surface area contributed by atoms with Crippen molar-refractivity contribution in [1.82, 2.24) is 10.2 Å². The minimum Gasteiger partial charge on any atom is -0.369 e. The van der Waals surface area contributed by atoms with E-state index in [4.69, 9.17) is 4.74 Å². The topological polar surface area (TPSA) is 41.6 Å². The number of nitrogens with zero attached hydrogens (tertiary/aromatic N) is 1. The molecule has 128 valence electrons. The Morgan fingerprint density at radius 1 is 1.22 bits per heavy atom.